The Kier molecular flexibility index (Phi) is 7.77. The number of rotatable bonds is 7. The summed E-state index contributed by atoms with van der Waals surface area (Å²) in [4.78, 5) is 46.5. The van der Waals surface area contributed by atoms with Gasteiger partial charge < -0.3 is 25.3 Å². The number of fused-ring (bicyclic) bond motifs is 5. The van der Waals surface area contributed by atoms with E-state index in [1.807, 2.05) is 12.1 Å². The molecule has 2 aromatic carbocycles. The van der Waals surface area contributed by atoms with Gasteiger partial charge in [-0.15, -0.1) is 0 Å². The number of carbonyl (C=O) groups excluding carboxylic acids is 2. The van der Waals surface area contributed by atoms with Crippen LogP contribution in [0.1, 0.15) is 97.3 Å². The summed E-state index contributed by atoms with van der Waals surface area (Å²) < 4.78 is 2.40. The molecule has 0 radical (unpaired) electrons. The molecule has 232 valence electrons. The lowest BCUT2D eigenvalue weighted by molar-refractivity contribution is -0.131. The molecule has 3 heterocycles. The van der Waals surface area contributed by atoms with Crippen LogP contribution >= 0.6 is 0 Å². The number of aryl methyl sites for hydroxylation is 2. The van der Waals surface area contributed by atoms with Gasteiger partial charge in [-0.1, -0.05) is 50.3 Å². The number of aliphatic carboxylic acids is 1. The van der Waals surface area contributed by atoms with Gasteiger partial charge in [0.1, 0.15) is 5.54 Å². The number of H-pyrrole nitrogens is 1. The first-order chi connectivity index (χ1) is 21.9. The fourth-order valence-electron chi connectivity index (χ4n) is 7.72. The highest BCUT2D eigenvalue weighted by molar-refractivity contribution is 6.06. The predicted molar refractivity (Wildman–Crippen MR) is 174 cm³/mol. The lowest BCUT2D eigenvalue weighted by Crippen LogP contribution is -2.55. The van der Waals surface area contributed by atoms with Gasteiger partial charge in [0.15, 0.2) is 0 Å². The molecule has 0 unspecified atom stereocenters. The Balaban J connectivity index is 1.18. The molecule has 2 fully saturated rings. The summed E-state index contributed by atoms with van der Waals surface area (Å²) >= 11 is 0. The summed E-state index contributed by atoms with van der Waals surface area (Å²) in [5.41, 5.74) is 6.79. The molecule has 3 aliphatic rings. The van der Waals surface area contributed by atoms with Crippen molar-refractivity contribution in [2.75, 3.05) is 5.32 Å². The van der Waals surface area contributed by atoms with Crippen LogP contribution in [0.25, 0.3) is 28.4 Å². The number of benzene rings is 2. The molecule has 4 aromatic rings. The van der Waals surface area contributed by atoms with Crippen LogP contribution in [0.3, 0.4) is 0 Å². The van der Waals surface area contributed by atoms with Crippen LogP contribution in [-0.4, -0.2) is 43.0 Å². The zero-order chi connectivity index (χ0) is 31.0. The molecule has 9 heteroatoms. The maximum absolute atomic E-state index is 13.9. The van der Waals surface area contributed by atoms with Crippen LogP contribution in [0.4, 0.5) is 5.69 Å². The van der Waals surface area contributed by atoms with Gasteiger partial charge in [0, 0.05) is 34.8 Å². The maximum Gasteiger partial charge on any atom is 0.328 e. The van der Waals surface area contributed by atoms with E-state index in [-0.39, 0.29) is 11.8 Å². The zero-order valence-corrected chi connectivity index (χ0v) is 25.4. The van der Waals surface area contributed by atoms with Gasteiger partial charge in [-0.05, 0) is 85.9 Å². The average molecular weight is 606 g/mol. The Morgan fingerprint density at radius 1 is 0.978 bits per heavy atom. The molecular weight excluding hydrogens is 566 g/mol. The highest BCUT2D eigenvalue weighted by Crippen LogP contribution is 2.45. The fourth-order valence-corrected chi connectivity index (χ4v) is 7.72. The Labute approximate surface area is 262 Å². The lowest BCUT2D eigenvalue weighted by atomic mass is 9.82. The number of hydrogen-bond acceptors (Lipinski definition) is 4. The number of carboxylic acid groups (broad SMARTS) is 1. The van der Waals surface area contributed by atoms with E-state index in [0.29, 0.717) is 35.6 Å². The Hall–Kier alpha value is -4.66. The minimum atomic E-state index is -1.02. The van der Waals surface area contributed by atoms with E-state index >= 15 is 0 Å². The molecule has 0 spiro atoms. The van der Waals surface area contributed by atoms with Crippen molar-refractivity contribution in [1.82, 2.24) is 19.9 Å². The number of hydrogen-bond donors (Lipinski definition) is 4. The molecule has 2 aromatic heterocycles. The van der Waals surface area contributed by atoms with Crippen molar-refractivity contribution in [3.8, 4) is 11.4 Å². The smallest absolute Gasteiger partial charge is 0.328 e. The molecule has 0 bridgehead atoms. The molecule has 45 heavy (non-hydrogen) atoms. The molecule has 2 saturated carbocycles. The normalized spacial score (nSPS) is 18.0. The molecular formula is C36H39N5O4. The van der Waals surface area contributed by atoms with Gasteiger partial charge >= 0.3 is 5.97 Å². The topological polar surface area (TPSA) is 129 Å². The van der Waals surface area contributed by atoms with E-state index in [9.17, 15) is 14.4 Å². The van der Waals surface area contributed by atoms with E-state index in [4.69, 9.17) is 5.11 Å². The van der Waals surface area contributed by atoms with Crippen LogP contribution in [0.15, 0.2) is 54.9 Å². The van der Waals surface area contributed by atoms with E-state index < -0.39 is 11.5 Å². The molecule has 0 saturated heterocycles. The van der Waals surface area contributed by atoms with Crippen molar-refractivity contribution in [1.29, 1.82) is 0 Å². The minimum absolute atomic E-state index is 0.230. The number of amides is 2. The Morgan fingerprint density at radius 2 is 1.76 bits per heavy atom. The van der Waals surface area contributed by atoms with Gasteiger partial charge in [-0.25, -0.2) is 9.78 Å². The molecule has 2 aliphatic carbocycles. The standard InChI is InChI=1S/C36H39N5O4/c42-30(43)17-12-23-10-14-26(15-11-23)39-35(45)36(18-4-5-19-36)40-34(44)25-13-16-27-29(21-25)41-20-6-9-28-32(38-22-37-28)33(41)31(27)24-7-2-1-3-8-24/h10-17,21-22,24H,1-9,18-20H2,(H,37,38)(H,39,45)(H,40,44)(H,42,43)/b17-12+. The van der Waals surface area contributed by atoms with E-state index in [1.54, 1.807) is 30.6 Å². The largest absolute Gasteiger partial charge is 0.478 e. The molecule has 1 aliphatic heterocycles. The van der Waals surface area contributed by atoms with Crippen molar-refractivity contribution in [3.05, 3.63) is 77.3 Å². The zero-order valence-electron chi connectivity index (χ0n) is 25.4. The third kappa shape index (κ3) is 5.56. The molecule has 4 N–H and O–H groups in total. The number of anilines is 1. The summed E-state index contributed by atoms with van der Waals surface area (Å²) in [5, 5.41) is 16.2. The fraction of sp³-hybridized carbons (Fsp3) is 0.389. The van der Waals surface area contributed by atoms with E-state index in [2.05, 4.69) is 31.2 Å². The monoisotopic (exact) mass is 605 g/mol. The summed E-state index contributed by atoms with van der Waals surface area (Å²) in [6.07, 6.45) is 15.3. The number of aromatic nitrogens is 3. The van der Waals surface area contributed by atoms with Crippen LogP contribution < -0.4 is 10.6 Å². The third-order valence-corrected chi connectivity index (χ3v) is 9.96. The van der Waals surface area contributed by atoms with Gasteiger partial charge in [0.25, 0.3) is 5.91 Å². The van der Waals surface area contributed by atoms with Crippen LogP contribution in [0.5, 0.6) is 0 Å². The third-order valence-electron chi connectivity index (χ3n) is 9.96. The van der Waals surface area contributed by atoms with Crippen molar-refractivity contribution in [2.24, 2.45) is 0 Å². The predicted octanol–water partition coefficient (Wildman–Crippen LogP) is 6.80. The van der Waals surface area contributed by atoms with Crippen molar-refractivity contribution < 1.29 is 19.5 Å². The molecule has 0 atom stereocenters. The number of nitrogens with one attached hydrogen (secondary N) is 3. The molecule has 9 nitrogen and oxygen atoms in total. The summed E-state index contributed by atoms with van der Waals surface area (Å²) in [6, 6.07) is 13.0. The number of aromatic amines is 1. The second-order valence-corrected chi connectivity index (χ2v) is 12.8. The van der Waals surface area contributed by atoms with E-state index in [0.717, 1.165) is 55.2 Å². The second kappa shape index (κ2) is 12.0. The minimum Gasteiger partial charge on any atom is -0.478 e. The lowest BCUT2D eigenvalue weighted by Gasteiger charge is -2.29. The van der Waals surface area contributed by atoms with Crippen molar-refractivity contribution >= 4 is 40.4 Å². The second-order valence-electron chi connectivity index (χ2n) is 12.8. The van der Waals surface area contributed by atoms with Gasteiger partial charge in [0.05, 0.1) is 23.4 Å². The van der Waals surface area contributed by atoms with Crippen molar-refractivity contribution in [3.63, 3.8) is 0 Å². The number of carboxylic acids is 1. The van der Waals surface area contributed by atoms with Crippen molar-refractivity contribution in [2.45, 2.75) is 88.6 Å². The quantitative estimate of drug-likeness (QED) is 0.172. The number of nitrogens with zero attached hydrogens (tertiary/aromatic N) is 2. The number of imidazole rings is 1. The first-order valence-electron chi connectivity index (χ1n) is 16.3. The van der Waals surface area contributed by atoms with E-state index in [1.165, 1.54) is 54.8 Å². The summed E-state index contributed by atoms with van der Waals surface area (Å²) in [6.45, 7) is 0.866. The Bertz CT molecular complexity index is 1790. The van der Waals surface area contributed by atoms with Gasteiger partial charge in [-0.2, -0.15) is 0 Å². The highest BCUT2D eigenvalue weighted by atomic mass is 16.4. The first kappa shape index (κ1) is 29.1. The SMILES string of the molecule is O=C(O)/C=C/c1ccc(NC(=O)C2(NC(=O)c3ccc4c(C5CCCCC5)c5n(c4c3)CCCc3nc[nH]c3-5)CCCC2)cc1. The summed E-state index contributed by atoms with van der Waals surface area (Å²) in [7, 11) is 0. The van der Waals surface area contributed by atoms with Crippen LogP contribution in [0, 0.1) is 0 Å². The number of carbonyl (C=O) groups is 3. The highest BCUT2D eigenvalue weighted by Gasteiger charge is 2.43. The van der Waals surface area contributed by atoms with Crippen LogP contribution in [0.2, 0.25) is 0 Å². The Morgan fingerprint density at radius 3 is 2.51 bits per heavy atom. The van der Waals surface area contributed by atoms with Crippen LogP contribution in [-0.2, 0) is 22.6 Å². The summed E-state index contributed by atoms with van der Waals surface area (Å²) in [5.74, 6) is -1.01. The van der Waals surface area contributed by atoms with Gasteiger partial charge in [-0.3, -0.25) is 9.59 Å². The molecule has 2 amide bonds. The average Bonchev–Trinajstić information content (AvgIpc) is 3.77. The molecule has 7 rings (SSSR count). The van der Waals surface area contributed by atoms with Gasteiger partial charge in [0.2, 0.25) is 5.91 Å². The first-order valence-corrected chi connectivity index (χ1v) is 16.3. The maximum atomic E-state index is 13.9.